The lowest BCUT2D eigenvalue weighted by atomic mass is 10.1. The molecule has 1 N–H and O–H groups in total. The summed E-state index contributed by atoms with van der Waals surface area (Å²) in [7, 11) is 0. The highest BCUT2D eigenvalue weighted by molar-refractivity contribution is 6.03. The van der Waals surface area contributed by atoms with Gasteiger partial charge in [0, 0.05) is 18.7 Å². The van der Waals surface area contributed by atoms with Crippen LogP contribution in [0.4, 0.5) is 5.69 Å². The number of carbonyl (C=O) groups is 2. The molecule has 1 atom stereocenters. The van der Waals surface area contributed by atoms with Gasteiger partial charge in [-0.3, -0.25) is 14.5 Å². The van der Waals surface area contributed by atoms with Crippen molar-refractivity contribution in [3.05, 3.63) is 54.6 Å². The first-order chi connectivity index (χ1) is 12.5. The molecule has 0 saturated carbocycles. The predicted octanol–water partition coefficient (Wildman–Crippen LogP) is 3.75. The first-order valence-electron chi connectivity index (χ1n) is 8.97. The van der Waals surface area contributed by atoms with Crippen LogP contribution in [0.15, 0.2) is 54.6 Å². The van der Waals surface area contributed by atoms with Gasteiger partial charge in [-0.25, -0.2) is 0 Å². The van der Waals surface area contributed by atoms with Gasteiger partial charge in [-0.15, -0.1) is 0 Å². The Labute approximate surface area is 154 Å². The number of hydrogen-bond donors (Lipinski definition) is 1. The SMILES string of the molecule is CC(C)CNC(=O)C1CCC(=O)N1c1ccc(Oc2ccccc2)cc1. The normalized spacial score (nSPS) is 16.8. The van der Waals surface area contributed by atoms with Gasteiger partial charge in [-0.2, -0.15) is 0 Å². The molecule has 2 amide bonds. The van der Waals surface area contributed by atoms with E-state index in [0.717, 1.165) is 11.4 Å². The maximum atomic E-state index is 12.5. The van der Waals surface area contributed by atoms with Crippen LogP contribution in [0.3, 0.4) is 0 Å². The third-order valence-corrected chi connectivity index (χ3v) is 4.29. The highest BCUT2D eigenvalue weighted by Gasteiger charge is 2.36. The molecule has 5 heteroatoms. The van der Waals surface area contributed by atoms with Gasteiger partial charge in [0.2, 0.25) is 11.8 Å². The molecule has 2 aromatic carbocycles. The summed E-state index contributed by atoms with van der Waals surface area (Å²) >= 11 is 0. The van der Waals surface area contributed by atoms with Crippen LogP contribution in [-0.2, 0) is 9.59 Å². The van der Waals surface area contributed by atoms with E-state index in [1.807, 2.05) is 68.4 Å². The Hall–Kier alpha value is -2.82. The van der Waals surface area contributed by atoms with Crippen LogP contribution in [0.1, 0.15) is 26.7 Å². The molecule has 1 aliphatic heterocycles. The molecule has 1 unspecified atom stereocenters. The Morgan fingerprint density at radius 3 is 2.42 bits per heavy atom. The number of rotatable bonds is 6. The van der Waals surface area contributed by atoms with Crippen LogP contribution in [0.2, 0.25) is 0 Å². The molecular weight excluding hydrogens is 328 g/mol. The summed E-state index contributed by atoms with van der Waals surface area (Å²) in [6.07, 6.45) is 0.938. The van der Waals surface area contributed by atoms with Crippen molar-refractivity contribution in [2.75, 3.05) is 11.4 Å². The van der Waals surface area contributed by atoms with Crippen molar-refractivity contribution in [3.8, 4) is 11.5 Å². The van der Waals surface area contributed by atoms with Crippen LogP contribution in [0, 0.1) is 5.92 Å². The van der Waals surface area contributed by atoms with Crippen LogP contribution >= 0.6 is 0 Å². The zero-order valence-corrected chi connectivity index (χ0v) is 15.1. The van der Waals surface area contributed by atoms with Crippen molar-refractivity contribution < 1.29 is 14.3 Å². The van der Waals surface area contributed by atoms with Crippen molar-refractivity contribution >= 4 is 17.5 Å². The highest BCUT2D eigenvalue weighted by Crippen LogP contribution is 2.30. The number of para-hydroxylation sites is 1. The first kappa shape index (κ1) is 18.0. The summed E-state index contributed by atoms with van der Waals surface area (Å²) < 4.78 is 5.78. The van der Waals surface area contributed by atoms with Gasteiger partial charge < -0.3 is 10.1 Å². The molecule has 0 bridgehead atoms. The summed E-state index contributed by atoms with van der Waals surface area (Å²) in [4.78, 5) is 26.4. The molecule has 3 rings (SSSR count). The van der Waals surface area contributed by atoms with Gasteiger partial charge in [0.1, 0.15) is 17.5 Å². The minimum Gasteiger partial charge on any atom is -0.457 e. The molecule has 0 aliphatic carbocycles. The number of ether oxygens (including phenoxy) is 1. The minimum atomic E-state index is -0.442. The smallest absolute Gasteiger partial charge is 0.243 e. The summed E-state index contributed by atoms with van der Waals surface area (Å²) in [5.41, 5.74) is 0.720. The molecule has 1 heterocycles. The topological polar surface area (TPSA) is 58.6 Å². The minimum absolute atomic E-state index is 0.0218. The molecule has 0 spiro atoms. The Balaban J connectivity index is 1.71. The van der Waals surface area contributed by atoms with Crippen molar-refractivity contribution in [1.29, 1.82) is 0 Å². The Kier molecular flexibility index (Phi) is 5.56. The number of benzene rings is 2. The van der Waals surface area contributed by atoms with Crippen molar-refractivity contribution in [2.24, 2.45) is 5.92 Å². The number of amides is 2. The van der Waals surface area contributed by atoms with Gasteiger partial charge in [-0.1, -0.05) is 32.0 Å². The average molecular weight is 352 g/mol. The number of anilines is 1. The monoisotopic (exact) mass is 352 g/mol. The summed E-state index contributed by atoms with van der Waals surface area (Å²) in [5, 5.41) is 2.93. The zero-order valence-electron chi connectivity index (χ0n) is 15.1. The van der Waals surface area contributed by atoms with Crippen molar-refractivity contribution in [3.63, 3.8) is 0 Å². The lowest BCUT2D eigenvalue weighted by molar-refractivity contribution is -0.124. The second kappa shape index (κ2) is 8.04. The van der Waals surface area contributed by atoms with E-state index in [-0.39, 0.29) is 11.8 Å². The van der Waals surface area contributed by atoms with Gasteiger partial charge in [0.25, 0.3) is 0 Å². The van der Waals surface area contributed by atoms with E-state index < -0.39 is 6.04 Å². The molecule has 136 valence electrons. The molecular formula is C21H24N2O3. The van der Waals surface area contributed by atoms with Crippen molar-refractivity contribution in [2.45, 2.75) is 32.7 Å². The molecule has 5 nitrogen and oxygen atoms in total. The van der Waals surface area contributed by atoms with Gasteiger partial charge in [0.05, 0.1) is 0 Å². The third-order valence-electron chi connectivity index (χ3n) is 4.29. The fourth-order valence-electron chi connectivity index (χ4n) is 2.98. The Bertz CT molecular complexity index is 757. The van der Waals surface area contributed by atoms with Gasteiger partial charge in [0.15, 0.2) is 0 Å². The molecule has 0 radical (unpaired) electrons. The number of nitrogens with one attached hydrogen (secondary N) is 1. The second-order valence-electron chi connectivity index (χ2n) is 6.87. The van der Waals surface area contributed by atoms with E-state index >= 15 is 0 Å². The summed E-state index contributed by atoms with van der Waals surface area (Å²) in [5.74, 6) is 1.70. The molecule has 1 fully saturated rings. The van der Waals surface area contributed by atoms with E-state index in [4.69, 9.17) is 4.74 Å². The molecule has 26 heavy (non-hydrogen) atoms. The maximum Gasteiger partial charge on any atom is 0.243 e. The van der Waals surface area contributed by atoms with Crippen LogP contribution in [-0.4, -0.2) is 24.4 Å². The van der Waals surface area contributed by atoms with Crippen LogP contribution < -0.4 is 15.0 Å². The average Bonchev–Trinajstić information content (AvgIpc) is 3.03. The summed E-state index contributed by atoms with van der Waals surface area (Å²) in [6.45, 7) is 4.70. The van der Waals surface area contributed by atoms with E-state index in [1.165, 1.54) is 0 Å². The van der Waals surface area contributed by atoms with Crippen LogP contribution in [0.25, 0.3) is 0 Å². The highest BCUT2D eigenvalue weighted by atomic mass is 16.5. The van der Waals surface area contributed by atoms with Crippen LogP contribution in [0.5, 0.6) is 11.5 Å². The largest absolute Gasteiger partial charge is 0.457 e. The lowest BCUT2D eigenvalue weighted by Crippen LogP contribution is -2.45. The third kappa shape index (κ3) is 4.23. The Morgan fingerprint density at radius 2 is 1.77 bits per heavy atom. The van der Waals surface area contributed by atoms with Gasteiger partial charge >= 0.3 is 0 Å². The quantitative estimate of drug-likeness (QED) is 0.861. The standard InChI is InChI=1S/C21H24N2O3/c1-15(2)14-22-21(25)19-12-13-20(24)23(19)16-8-10-18(11-9-16)26-17-6-4-3-5-7-17/h3-11,15,19H,12-14H2,1-2H3,(H,22,25). The fraction of sp³-hybridized carbons (Fsp3) is 0.333. The number of nitrogens with zero attached hydrogens (tertiary/aromatic N) is 1. The summed E-state index contributed by atoms with van der Waals surface area (Å²) in [6, 6.07) is 16.4. The van der Waals surface area contributed by atoms with E-state index in [2.05, 4.69) is 5.32 Å². The zero-order chi connectivity index (χ0) is 18.5. The predicted molar refractivity (Wildman–Crippen MR) is 101 cm³/mol. The lowest BCUT2D eigenvalue weighted by Gasteiger charge is -2.24. The second-order valence-corrected chi connectivity index (χ2v) is 6.87. The molecule has 0 aromatic heterocycles. The van der Waals surface area contributed by atoms with Gasteiger partial charge in [-0.05, 0) is 48.7 Å². The number of carbonyl (C=O) groups excluding carboxylic acids is 2. The molecule has 1 saturated heterocycles. The van der Waals surface area contributed by atoms with E-state index in [0.29, 0.717) is 31.1 Å². The Morgan fingerprint density at radius 1 is 1.12 bits per heavy atom. The van der Waals surface area contributed by atoms with Crippen molar-refractivity contribution in [1.82, 2.24) is 5.32 Å². The molecule has 2 aromatic rings. The maximum absolute atomic E-state index is 12.5. The van der Waals surface area contributed by atoms with E-state index in [9.17, 15) is 9.59 Å². The van der Waals surface area contributed by atoms with E-state index in [1.54, 1.807) is 4.90 Å². The number of hydrogen-bond acceptors (Lipinski definition) is 3. The fourth-order valence-corrected chi connectivity index (χ4v) is 2.98. The first-order valence-corrected chi connectivity index (χ1v) is 8.97. The molecule has 1 aliphatic rings.